The Bertz CT molecular complexity index is 428. The molecule has 3 nitrogen and oxygen atoms in total. The number of hydrogen-bond donors (Lipinski definition) is 0. The molecule has 0 bridgehead atoms. The number of aromatic nitrogens is 3. The lowest BCUT2D eigenvalue weighted by molar-refractivity contribution is 0.266. The average molecular weight is 219 g/mol. The van der Waals surface area contributed by atoms with E-state index in [9.17, 15) is 0 Å². The van der Waals surface area contributed by atoms with E-state index < -0.39 is 0 Å². The predicted octanol–water partition coefficient (Wildman–Crippen LogP) is 2.81. The van der Waals surface area contributed by atoms with Gasteiger partial charge in [0.2, 0.25) is 0 Å². The molecule has 0 amide bonds. The second-order valence-corrected chi connectivity index (χ2v) is 4.98. The lowest BCUT2D eigenvalue weighted by Gasteiger charge is -2.24. The van der Waals surface area contributed by atoms with Crippen molar-refractivity contribution < 1.29 is 0 Å². The van der Waals surface area contributed by atoms with Crippen LogP contribution in [0.15, 0.2) is 24.0 Å². The molecule has 1 saturated carbocycles. The molecule has 0 aliphatic heterocycles. The molecule has 0 saturated heterocycles. The molecule has 2 heterocycles. The topological polar surface area (TPSA) is 30.7 Å². The highest BCUT2D eigenvalue weighted by atomic mass is 32.1. The molecule has 0 atom stereocenters. The number of nitrogens with zero attached hydrogens (tertiary/aromatic N) is 3. The van der Waals surface area contributed by atoms with Gasteiger partial charge in [0.1, 0.15) is 5.01 Å². The molecule has 3 rings (SSSR count). The zero-order valence-electron chi connectivity index (χ0n) is 8.47. The Morgan fingerprint density at radius 2 is 2.40 bits per heavy atom. The van der Waals surface area contributed by atoms with Crippen LogP contribution >= 0.6 is 11.3 Å². The SMILES string of the molecule is c1csc(-c2cnn(CC3CCC3)c2)n1. The number of thiazole rings is 1. The zero-order chi connectivity index (χ0) is 10.1. The van der Waals surface area contributed by atoms with Gasteiger partial charge in [0.25, 0.3) is 0 Å². The van der Waals surface area contributed by atoms with Crippen LogP contribution in [0.4, 0.5) is 0 Å². The maximum Gasteiger partial charge on any atom is 0.126 e. The number of hydrogen-bond acceptors (Lipinski definition) is 3. The third kappa shape index (κ3) is 1.81. The summed E-state index contributed by atoms with van der Waals surface area (Å²) < 4.78 is 2.06. The molecular weight excluding hydrogens is 206 g/mol. The summed E-state index contributed by atoms with van der Waals surface area (Å²) in [5.41, 5.74) is 1.14. The average Bonchev–Trinajstić information content (AvgIpc) is 2.82. The van der Waals surface area contributed by atoms with E-state index in [4.69, 9.17) is 0 Å². The lowest BCUT2D eigenvalue weighted by Crippen LogP contribution is -2.18. The summed E-state index contributed by atoms with van der Waals surface area (Å²) in [6.45, 7) is 1.07. The first-order valence-electron chi connectivity index (χ1n) is 5.34. The van der Waals surface area contributed by atoms with E-state index in [-0.39, 0.29) is 0 Å². The fourth-order valence-electron chi connectivity index (χ4n) is 1.88. The molecule has 2 aromatic rings. The van der Waals surface area contributed by atoms with Gasteiger partial charge in [-0.15, -0.1) is 11.3 Å². The summed E-state index contributed by atoms with van der Waals surface area (Å²) in [5.74, 6) is 0.856. The first kappa shape index (κ1) is 9.09. The molecule has 2 aromatic heterocycles. The highest BCUT2D eigenvalue weighted by molar-refractivity contribution is 7.13. The van der Waals surface area contributed by atoms with E-state index in [0.717, 1.165) is 23.0 Å². The van der Waals surface area contributed by atoms with E-state index in [1.165, 1.54) is 19.3 Å². The molecule has 0 aromatic carbocycles. The van der Waals surface area contributed by atoms with Crippen molar-refractivity contribution >= 4 is 11.3 Å². The van der Waals surface area contributed by atoms with Crippen LogP contribution in [0.25, 0.3) is 10.6 Å². The molecule has 78 valence electrons. The zero-order valence-corrected chi connectivity index (χ0v) is 9.28. The maximum absolute atomic E-state index is 4.38. The normalized spacial score (nSPS) is 16.5. The van der Waals surface area contributed by atoms with Crippen LogP contribution < -0.4 is 0 Å². The van der Waals surface area contributed by atoms with Crippen LogP contribution in [0.3, 0.4) is 0 Å². The van der Waals surface area contributed by atoms with Crippen LogP contribution in [0.5, 0.6) is 0 Å². The van der Waals surface area contributed by atoms with Crippen LogP contribution in [0, 0.1) is 5.92 Å². The largest absolute Gasteiger partial charge is 0.272 e. The van der Waals surface area contributed by atoms with Gasteiger partial charge < -0.3 is 0 Å². The summed E-state index contributed by atoms with van der Waals surface area (Å²) in [6, 6.07) is 0. The van der Waals surface area contributed by atoms with Gasteiger partial charge in [-0.1, -0.05) is 6.42 Å². The van der Waals surface area contributed by atoms with Crippen molar-refractivity contribution in [1.29, 1.82) is 0 Å². The molecular formula is C11H13N3S. The summed E-state index contributed by atoms with van der Waals surface area (Å²) in [7, 11) is 0. The summed E-state index contributed by atoms with van der Waals surface area (Å²) in [4.78, 5) is 4.28. The van der Waals surface area contributed by atoms with Crippen molar-refractivity contribution in [3.05, 3.63) is 24.0 Å². The molecule has 1 fully saturated rings. The maximum atomic E-state index is 4.38. The molecule has 0 N–H and O–H groups in total. The van der Waals surface area contributed by atoms with Gasteiger partial charge in [-0.25, -0.2) is 4.98 Å². The van der Waals surface area contributed by atoms with E-state index >= 15 is 0 Å². The van der Waals surface area contributed by atoms with Crippen molar-refractivity contribution in [3.8, 4) is 10.6 Å². The Hall–Kier alpha value is -1.16. The minimum atomic E-state index is 0.856. The van der Waals surface area contributed by atoms with E-state index in [2.05, 4.69) is 21.0 Å². The second kappa shape index (κ2) is 3.77. The summed E-state index contributed by atoms with van der Waals surface area (Å²) in [6.07, 6.45) is 9.99. The third-order valence-corrected chi connectivity index (χ3v) is 3.80. The minimum Gasteiger partial charge on any atom is -0.272 e. The Balaban J connectivity index is 1.75. The van der Waals surface area contributed by atoms with Gasteiger partial charge in [0.15, 0.2) is 0 Å². The molecule has 0 radical (unpaired) electrons. The Labute approximate surface area is 92.8 Å². The van der Waals surface area contributed by atoms with Crippen LogP contribution in [0.1, 0.15) is 19.3 Å². The molecule has 1 aliphatic carbocycles. The van der Waals surface area contributed by atoms with E-state index in [1.54, 1.807) is 11.3 Å². The van der Waals surface area contributed by atoms with E-state index in [0.29, 0.717) is 0 Å². The number of rotatable bonds is 3. The van der Waals surface area contributed by atoms with Crippen LogP contribution in [0.2, 0.25) is 0 Å². The molecule has 0 unspecified atom stereocenters. The fourth-order valence-corrected chi connectivity index (χ4v) is 2.49. The van der Waals surface area contributed by atoms with Gasteiger partial charge in [0.05, 0.1) is 6.20 Å². The summed E-state index contributed by atoms with van der Waals surface area (Å²) >= 11 is 1.66. The predicted molar refractivity (Wildman–Crippen MR) is 60.7 cm³/mol. The van der Waals surface area contributed by atoms with Gasteiger partial charge in [0, 0.05) is 29.9 Å². The quantitative estimate of drug-likeness (QED) is 0.794. The van der Waals surface area contributed by atoms with Crippen LogP contribution in [-0.2, 0) is 6.54 Å². The lowest BCUT2D eigenvalue weighted by atomic mass is 9.85. The minimum absolute atomic E-state index is 0.856. The first-order chi connectivity index (χ1) is 7.42. The Morgan fingerprint density at radius 1 is 1.47 bits per heavy atom. The van der Waals surface area contributed by atoms with Crippen molar-refractivity contribution in [2.24, 2.45) is 5.92 Å². The Morgan fingerprint density at radius 3 is 3.07 bits per heavy atom. The summed E-state index contributed by atoms with van der Waals surface area (Å²) in [5, 5.41) is 7.44. The van der Waals surface area contributed by atoms with Gasteiger partial charge >= 0.3 is 0 Å². The van der Waals surface area contributed by atoms with Crippen molar-refractivity contribution in [2.75, 3.05) is 0 Å². The third-order valence-electron chi connectivity index (χ3n) is 2.98. The molecule has 15 heavy (non-hydrogen) atoms. The van der Waals surface area contributed by atoms with Crippen molar-refractivity contribution in [1.82, 2.24) is 14.8 Å². The molecule has 1 aliphatic rings. The van der Waals surface area contributed by atoms with E-state index in [1.807, 2.05) is 17.8 Å². The Kier molecular flexibility index (Phi) is 2.29. The second-order valence-electron chi connectivity index (χ2n) is 4.09. The standard InChI is InChI=1S/C11H13N3S/c1-2-9(3-1)7-14-8-10(6-13-14)11-12-4-5-15-11/h4-6,8-9H,1-3,7H2. The molecule has 4 heteroatoms. The van der Waals surface area contributed by atoms with Gasteiger partial charge in [-0.05, 0) is 18.8 Å². The monoisotopic (exact) mass is 219 g/mol. The first-order valence-corrected chi connectivity index (χ1v) is 6.22. The van der Waals surface area contributed by atoms with Crippen LogP contribution in [-0.4, -0.2) is 14.8 Å². The van der Waals surface area contributed by atoms with Gasteiger partial charge in [-0.3, -0.25) is 4.68 Å². The van der Waals surface area contributed by atoms with Crippen molar-refractivity contribution in [3.63, 3.8) is 0 Å². The van der Waals surface area contributed by atoms with Gasteiger partial charge in [-0.2, -0.15) is 5.10 Å². The molecule has 0 spiro atoms. The highest BCUT2D eigenvalue weighted by Crippen LogP contribution is 2.28. The fraction of sp³-hybridized carbons (Fsp3) is 0.455. The van der Waals surface area contributed by atoms with Crippen molar-refractivity contribution in [2.45, 2.75) is 25.8 Å². The smallest absolute Gasteiger partial charge is 0.126 e. The highest BCUT2D eigenvalue weighted by Gasteiger charge is 2.18.